The van der Waals surface area contributed by atoms with E-state index in [1.54, 1.807) is 17.5 Å². The second-order valence-electron chi connectivity index (χ2n) is 3.48. The molecule has 4 nitrogen and oxygen atoms in total. The Balaban J connectivity index is 1.84. The topological polar surface area (TPSA) is 59.2 Å². The number of likely N-dealkylation sites (tertiary alicyclic amines) is 1. The molecule has 1 unspecified atom stereocenters. The first-order chi connectivity index (χ1) is 6.75. The van der Waals surface area contributed by atoms with E-state index in [9.17, 15) is 4.79 Å². The first-order valence-electron chi connectivity index (χ1n) is 4.67. The van der Waals surface area contributed by atoms with E-state index in [0.717, 1.165) is 18.0 Å². The van der Waals surface area contributed by atoms with Gasteiger partial charge in [-0.05, 0) is 0 Å². The molecule has 0 aliphatic carbocycles. The number of carbonyl (C=O) groups excluding carboxylic acids is 1. The third-order valence-corrected chi connectivity index (χ3v) is 3.16. The monoisotopic (exact) mass is 211 g/mol. The molecule has 0 saturated carbocycles. The molecule has 1 fully saturated rings. The van der Waals surface area contributed by atoms with Crippen LogP contribution in [-0.4, -0.2) is 34.9 Å². The minimum atomic E-state index is 0.0267. The lowest BCUT2D eigenvalue weighted by atomic mass is 10.3. The van der Waals surface area contributed by atoms with Crippen molar-refractivity contribution in [1.29, 1.82) is 0 Å². The molecule has 2 N–H and O–H groups in total. The lowest BCUT2D eigenvalue weighted by molar-refractivity contribution is -0.127. The smallest absolute Gasteiger partial charge is 0.224 e. The van der Waals surface area contributed by atoms with Crippen LogP contribution in [0.25, 0.3) is 0 Å². The number of hydrogen-bond acceptors (Lipinski definition) is 4. The van der Waals surface area contributed by atoms with Crippen molar-refractivity contribution in [2.24, 2.45) is 5.73 Å². The molecule has 76 valence electrons. The highest BCUT2D eigenvalue weighted by Crippen LogP contribution is 2.11. The van der Waals surface area contributed by atoms with E-state index < -0.39 is 0 Å². The van der Waals surface area contributed by atoms with Crippen molar-refractivity contribution in [1.82, 2.24) is 9.88 Å². The molecule has 1 amide bonds. The summed E-state index contributed by atoms with van der Waals surface area (Å²) in [5.41, 5.74) is 5.69. The molecule has 0 radical (unpaired) electrons. The van der Waals surface area contributed by atoms with E-state index in [0.29, 0.717) is 13.0 Å². The van der Waals surface area contributed by atoms with E-state index in [1.807, 2.05) is 10.3 Å². The maximum atomic E-state index is 11.4. The van der Waals surface area contributed by atoms with Crippen LogP contribution in [0.15, 0.2) is 11.6 Å². The molecule has 1 atom stereocenters. The number of aromatic nitrogens is 1. The molecule has 14 heavy (non-hydrogen) atoms. The van der Waals surface area contributed by atoms with Crippen molar-refractivity contribution in [3.8, 4) is 0 Å². The van der Waals surface area contributed by atoms with Crippen LogP contribution in [0, 0.1) is 0 Å². The summed E-state index contributed by atoms with van der Waals surface area (Å²) in [7, 11) is 0. The standard InChI is InChI=1S/C9H13N3OS/c10-7-5-9(13)12(6-7)3-1-8-11-2-4-14-8/h2,4,7H,1,3,5-6,10H2. The van der Waals surface area contributed by atoms with Crippen molar-refractivity contribution in [2.45, 2.75) is 18.9 Å². The summed E-state index contributed by atoms with van der Waals surface area (Å²) in [6.07, 6.45) is 3.13. The zero-order valence-corrected chi connectivity index (χ0v) is 8.67. The Morgan fingerprint density at radius 3 is 3.14 bits per heavy atom. The highest BCUT2D eigenvalue weighted by Gasteiger charge is 2.26. The normalized spacial score (nSPS) is 21.9. The Kier molecular flexibility index (Phi) is 2.79. The van der Waals surface area contributed by atoms with Crippen LogP contribution < -0.4 is 5.73 Å². The largest absolute Gasteiger partial charge is 0.341 e. The molecule has 2 heterocycles. The fourth-order valence-corrected chi connectivity index (χ4v) is 2.24. The fraction of sp³-hybridized carbons (Fsp3) is 0.556. The molecule has 1 aliphatic rings. The average Bonchev–Trinajstić information content (AvgIpc) is 2.72. The van der Waals surface area contributed by atoms with Crippen LogP contribution in [0.3, 0.4) is 0 Å². The molecule has 1 aromatic heterocycles. The molecular weight excluding hydrogens is 198 g/mol. The van der Waals surface area contributed by atoms with E-state index in [4.69, 9.17) is 5.73 Å². The molecule has 1 saturated heterocycles. The predicted octanol–water partition coefficient (Wildman–Crippen LogP) is 0.245. The Hall–Kier alpha value is -0.940. The Morgan fingerprint density at radius 2 is 2.57 bits per heavy atom. The summed E-state index contributed by atoms with van der Waals surface area (Å²) in [4.78, 5) is 17.4. The lowest BCUT2D eigenvalue weighted by Crippen LogP contribution is -2.30. The van der Waals surface area contributed by atoms with Gasteiger partial charge in [-0.2, -0.15) is 0 Å². The Morgan fingerprint density at radius 1 is 1.71 bits per heavy atom. The van der Waals surface area contributed by atoms with Gasteiger partial charge in [0.25, 0.3) is 0 Å². The van der Waals surface area contributed by atoms with Gasteiger partial charge in [0.1, 0.15) is 0 Å². The maximum Gasteiger partial charge on any atom is 0.224 e. The highest BCUT2D eigenvalue weighted by atomic mass is 32.1. The molecule has 1 aliphatic heterocycles. The molecular formula is C9H13N3OS. The molecule has 0 spiro atoms. The zero-order chi connectivity index (χ0) is 9.97. The van der Waals surface area contributed by atoms with Crippen LogP contribution in [0.5, 0.6) is 0 Å². The van der Waals surface area contributed by atoms with E-state index >= 15 is 0 Å². The minimum absolute atomic E-state index is 0.0267. The summed E-state index contributed by atoms with van der Waals surface area (Å²) >= 11 is 1.63. The Bertz CT molecular complexity index is 312. The quantitative estimate of drug-likeness (QED) is 0.779. The van der Waals surface area contributed by atoms with Crippen molar-refractivity contribution < 1.29 is 4.79 Å². The summed E-state index contributed by atoms with van der Waals surface area (Å²) in [6, 6.07) is 0.0267. The summed E-state index contributed by atoms with van der Waals surface area (Å²) in [5, 5.41) is 3.03. The number of thiazole rings is 1. The van der Waals surface area contributed by atoms with Crippen LogP contribution in [0.1, 0.15) is 11.4 Å². The minimum Gasteiger partial charge on any atom is -0.341 e. The summed E-state index contributed by atoms with van der Waals surface area (Å²) in [6.45, 7) is 1.45. The molecule has 1 aromatic rings. The predicted molar refractivity (Wildman–Crippen MR) is 55.0 cm³/mol. The van der Waals surface area contributed by atoms with Gasteiger partial charge < -0.3 is 10.6 Å². The third kappa shape index (κ3) is 2.10. The summed E-state index contributed by atoms with van der Waals surface area (Å²) in [5.74, 6) is 0.175. The second-order valence-corrected chi connectivity index (χ2v) is 4.46. The molecule has 2 rings (SSSR count). The van der Waals surface area contributed by atoms with Crippen LogP contribution in [-0.2, 0) is 11.2 Å². The first kappa shape index (κ1) is 9.61. The maximum absolute atomic E-state index is 11.4. The van der Waals surface area contributed by atoms with E-state index in [1.165, 1.54) is 0 Å². The number of amides is 1. The number of hydrogen-bond donors (Lipinski definition) is 1. The van der Waals surface area contributed by atoms with Crippen molar-refractivity contribution in [3.05, 3.63) is 16.6 Å². The lowest BCUT2D eigenvalue weighted by Gasteiger charge is -2.14. The number of carbonyl (C=O) groups is 1. The van der Waals surface area contributed by atoms with Crippen molar-refractivity contribution in [3.63, 3.8) is 0 Å². The van der Waals surface area contributed by atoms with Gasteiger partial charge in [-0.15, -0.1) is 11.3 Å². The SMILES string of the molecule is NC1CC(=O)N(CCc2nccs2)C1. The Labute approximate surface area is 86.7 Å². The van der Waals surface area contributed by atoms with Gasteiger partial charge in [0.05, 0.1) is 5.01 Å². The first-order valence-corrected chi connectivity index (χ1v) is 5.55. The van der Waals surface area contributed by atoms with E-state index in [-0.39, 0.29) is 11.9 Å². The number of rotatable bonds is 3. The molecule has 0 bridgehead atoms. The van der Waals surface area contributed by atoms with Crippen molar-refractivity contribution in [2.75, 3.05) is 13.1 Å². The number of nitrogens with zero attached hydrogens (tertiary/aromatic N) is 2. The van der Waals surface area contributed by atoms with Crippen LogP contribution >= 0.6 is 11.3 Å². The van der Waals surface area contributed by atoms with E-state index in [2.05, 4.69) is 4.98 Å². The van der Waals surface area contributed by atoms with Gasteiger partial charge in [0.15, 0.2) is 0 Å². The van der Waals surface area contributed by atoms with Gasteiger partial charge >= 0.3 is 0 Å². The highest BCUT2D eigenvalue weighted by molar-refractivity contribution is 7.09. The summed E-state index contributed by atoms with van der Waals surface area (Å²) < 4.78 is 0. The van der Waals surface area contributed by atoms with Gasteiger partial charge in [0.2, 0.25) is 5.91 Å². The number of nitrogens with two attached hydrogens (primary N) is 1. The van der Waals surface area contributed by atoms with Gasteiger partial charge in [-0.25, -0.2) is 4.98 Å². The molecule has 5 heteroatoms. The molecule has 0 aromatic carbocycles. The second kappa shape index (κ2) is 4.06. The van der Waals surface area contributed by atoms with Gasteiger partial charge in [-0.3, -0.25) is 4.79 Å². The van der Waals surface area contributed by atoms with Crippen molar-refractivity contribution >= 4 is 17.2 Å². The fourth-order valence-electron chi connectivity index (χ4n) is 1.63. The third-order valence-electron chi connectivity index (χ3n) is 2.32. The van der Waals surface area contributed by atoms with Crippen LogP contribution in [0.4, 0.5) is 0 Å². The average molecular weight is 211 g/mol. The van der Waals surface area contributed by atoms with Gasteiger partial charge in [0, 0.05) is 43.5 Å². The zero-order valence-electron chi connectivity index (χ0n) is 7.85. The van der Waals surface area contributed by atoms with Gasteiger partial charge in [-0.1, -0.05) is 0 Å². The van der Waals surface area contributed by atoms with Crippen LogP contribution in [0.2, 0.25) is 0 Å².